The lowest BCUT2D eigenvalue weighted by molar-refractivity contribution is -0.182. The molecule has 156 valence electrons. The summed E-state index contributed by atoms with van der Waals surface area (Å²) in [5, 5.41) is 2.97. The molecule has 0 aliphatic carbocycles. The maximum Gasteiger partial charge on any atom is 0.405 e. The summed E-state index contributed by atoms with van der Waals surface area (Å²) in [4.78, 5) is 0.947. The summed E-state index contributed by atoms with van der Waals surface area (Å²) >= 11 is 0. The molecule has 0 bridgehead atoms. The van der Waals surface area contributed by atoms with Crippen LogP contribution in [-0.2, 0) is 10.0 Å². The minimum atomic E-state index is -4.56. The van der Waals surface area contributed by atoms with Crippen LogP contribution in [0.25, 0.3) is 0 Å². The van der Waals surface area contributed by atoms with Gasteiger partial charge in [0, 0.05) is 38.8 Å². The number of methoxy groups -OCH3 is 2. The fourth-order valence-electron chi connectivity index (χ4n) is 2.71. The number of benzene rings is 1. The number of hydrogen-bond acceptors (Lipinski definition) is 6. The van der Waals surface area contributed by atoms with E-state index in [1.54, 1.807) is 0 Å². The summed E-state index contributed by atoms with van der Waals surface area (Å²) in [6.45, 7) is 0.432. The number of rotatable bonds is 7. The van der Waals surface area contributed by atoms with Crippen LogP contribution in [0.4, 0.5) is 13.2 Å². The molecule has 1 aliphatic rings. The lowest BCUT2D eigenvalue weighted by Crippen LogP contribution is -2.57. The van der Waals surface area contributed by atoms with Gasteiger partial charge in [0.1, 0.15) is 22.4 Å². The molecular weight excluding hydrogens is 411 g/mol. The second kappa shape index (κ2) is 9.78. The molecule has 1 aliphatic heterocycles. The van der Waals surface area contributed by atoms with Crippen LogP contribution in [0.2, 0.25) is 0 Å². The van der Waals surface area contributed by atoms with Crippen LogP contribution in [0.1, 0.15) is 0 Å². The van der Waals surface area contributed by atoms with Crippen molar-refractivity contribution in [1.29, 1.82) is 0 Å². The number of ether oxygens (including phenoxy) is 2. The Morgan fingerprint density at radius 1 is 1.22 bits per heavy atom. The second-order valence-electron chi connectivity index (χ2n) is 5.71. The number of nitrogens with one attached hydrogen (secondary N) is 2. The molecule has 2 rings (SSSR count). The van der Waals surface area contributed by atoms with Gasteiger partial charge in [-0.25, -0.2) is 13.1 Å². The fraction of sp³-hybridized carbons (Fsp3) is 0.600. The average molecular weight is 434 g/mol. The van der Waals surface area contributed by atoms with Gasteiger partial charge in [-0.3, -0.25) is 4.90 Å². The van der Waals surface area contributed by atoms with E-state index in [-0.39, 0.29) is 41.9 Å². The number of sulfonamides is 1. The molecule has 1 aromatic rings. The van der Waals surface area contributed by atoms with Crippen molar-refractivity contribution >= 4 is 22.4 Å². The van der Waals surface area contributed by atoms with Crippen molar-refractivity contribution in [1.82, 2.24) is 14.9 Å². The first-order chi connectivity index (χ1) is 12.2. The van der Waals surface area contributed by atoms with Gasteiger partial charge in [-0.2, -0.15) is 13.2 Å². The van der Waals surface area contributed by atoms with Crippen molar-refractivity contribution in [3.8, 4) is 11.5 Å². The molecule has 12 heteroatoms. The van der Waals surface area contributed by atoms with Gasteiger partial charge in [-0.15, -0.1) is 12.4 Å². The van der Waals surface area contributed by atoms with Crippen molar-refractivity contribution in [2.24, 2.45) is 0 Å². The third-order valence-electron chi connectivity index (χ3n) is 4.10. The largest absolute Gasteiger partial charge is 0.497 e. The number of alkyl halides is 3. The van der Waals surface area contributed by atoms with Crippen molar-refractivity contribution in [3.05, 3.63) is 18.2 Å². The molecule has 0 radical (unpaired) electrons. The summed E-state index contributed by atoms with van der Waals surface area (Å²) < 4.78 is 77.4. The predicted molar refractivity (Wildman–Crippen MR) is 96.3 cm³/mol. The van der Waals surface area contributed by atoms with E-state index in [1.807, 2.05) is 0 Å². The van der Waals surface area contributed by atoms with E-state index in [9.17, 15) is 21.6 Å². The standard InChI is InChI=1S/C15H22F3N3O4S.ClH/c1-24-11-3-4-12(25-2)13(9-11)26(22,23)20-10-14(15(16,17)18)21-7-5-19-6-8-21;/h3-4,9,14,19-20H,5-8,10H2,1-2H3;1H. The van der Waals surface area contributed by atoms with E-state index >= 15 is 0 Å². The molecule has 0 aromatic heterocycles. The molecule has 1 unspecified atom stereocenters. The molecular formula is C15H23ClF3N3O4S. The molecule has 1 aromatic carbocycles. The molecule has 7 nitrogen and oxygen atoms in total. The Morgan fingerprint density at radius 2 is 1.85 bits per heavy atom. The number of piperazine rings is 1. The van der Waals surface area contributed by atoms with Gasteiger partial charge in [0.05, 0.1) is 14.2 Å². The Hall–Kier alpha value is -1.27. The first-order valence-corrected chi connectivity index (χ1v) is 9.40. The smallest absolute Gasteiger partial charge is 0.405 e. The maximum atomic E-state index is 13.4. The van der Waals surface area contributed by atoms with Gasteiger partial charge in [-0.05, 0) is 12.1 Å². The van der Waals surface area contributed by atoms with Crippen LogP contribution in [0.5, 0.6) is 11.5 Å². The molecule has 0 saturated carbocycles. The lowest BCUT2D eigenvalue weighted by Gasteiger charge is -2.35. The first kappa shape index (κ1) is 23.8. The predicted octanol–water partition coefficient (Wildman–Crippen LogP) is 1.24. The fourth-order valence-corrected chi connectivity index (χ4v) is 3.93. The minimum absolute atomic E-state index is 0. The van der Waals surface area contributed by atoms with Crippen LogP contribution >= 0.6 is 12.4 Å². The lowest BCUT2D eigenvalue weighted by atomic mass is 10.2. The molecule has 0 amide bonds. The Kier molecular flexibility index (Phi) is 8.61. The van der Waals surface area contributed by atoms with E-state index in [0.29, 0.717) is 13.1 Å². The highest BCUT2D eigenvalue weighted by Gasteiger charge is 2.44. The SMILES string of the molecule is COc1ccc(OC)c(S(=O)(=O)NCC(N2CCNCC2)C(F)(F)F)c1.Cl. The van der Waals surface area contributed by atoms with Gasteiger partial charge in [0.25, 0.3) is 0 Å². The highest BCUT2D eigenvalue weighted by molar-refractivity contribution is 7.89. The van der Waals surface area contributed by atoms with Gasteiger partial charge in [0.15, 0.2) is 0 Å². The normalized spacial score (nSPS) is 17.1. The average Bonchev–Trinajstić information content (AvgIpc) is 2.61. The van der Waals surface area contributed by atoms with E-state index in [1.165, 1.54) is 37.3 Å². The molecule has 27 heavy (non-hydrogen) atoms. The quantitative estimate of drug-likeness (QED) is 0.673. The van der Waals surface area contributed by atoms with E-state index in [0.717, 1.165) is 0 Å². The van der Waals surface area contributed by atoms with E-state index < -0.39 is 28.8 Å². The summed E-state index contributed by atoms with van der Waals surface area (Å²) in [6.07, 6.45) is -4.56. The van der Waals surface area contributed by atoms with Crippen LogP contribution in [0.3, 0.4) is 0 Å². The minimum Gasteiger partial charge on any atom is -0.497 e. The molecule has 0 spiro atoms. The van der Waals surface area contributed by atoms with E-state index in [4.69, 9.17) is 9.47 Å². The Balaban J connectivity index is 0.00000364. The molecule has 1 heterocycles. The van der Waals surface area contributed by atoms with Crippen molar-refractivity contribution in [3.63, 3.8) is 0 Å². The Morgan fingerprint density at radius 3 is 2.37 bits per heavy atom. The number of nitrogens with zero attached hydrogens (tertiary/aromatic N) is 1. The zero-order valence-electron chi connectivity index (χ0n) is 14.9. The van der Waals surface area contributed by atoms with Gasteiger partial charge in [-0.1, -0.05) is 0 Å². The van der Waals surface area contributed by atoms with Crippen LogP contribution in [0.15, 0.2) is 23.1 Å². The van der Waals surface area contributed by atoms with Crippen LogP contribution in [-0.4, -0.2) is 72.5 Å². The highest BCUT2D eigenvalue weighted by atomic mass is 35.5. The van der Waals surface area contributed by atoms with Gasteiger partial charge >= 0.3 is 6.18 Å². The Bertz CT molecular complexity index is 713. The van der Waals surface area contributed by atoms with E-state index in [2.05, 4.69) is 10.0 Å². The van der Waals surface area contributed by atoms with Gasteiger partial charge < -0.3 is 14.8 Å². The topological polar surface area (TPSA) is 79.9 Å². The number of hydrogen-bond donors (Lipinski definition) is 2. The zero-order chi connectivity index (χ0) is 19.4. The second-order valence-corrected chi connectivity index (χ2v) is 7.45. The Labute approximate surface area is 162 Å². The van der Waals surface area contributed by atoms with Gasteiger partial charge in [0.2, 0.25) is 10.0 Å². The third-order valence-corrected chi connectivity index (χ3v) is 5.54. The zero-order valence-corrected chi connectivity index (χ0v) is 16.5. The van der Waals surface area contributed by atoms with Crippen LogP contribution in [0, 0.1) is 0 Å². The summed E-state index contributed by atoms with van der Waals surface area (Å²) in [5.74, 6) is 0.268. The van der Waals surface area contributed by atoms with Crippen molar-refractivity contribution in [2.75, 3.05) is 46.9 Å². The summed E-state index contributed by atoms with van der Waals surface area (Å²) in [7, 11) is -1.59. The monoisotopic (exact) mass is 433 g/mol. The van der Waals surface area contributed by atoms with Crippen molar-refractivity contribution in [2.45, 2.75) is 17.1 Å². The molecule has 1 atom stereocenters. The molecule has 1 saturated heterocycles. The number of halogens is 4. The third kappa shape index (κ3) is 6.11. The maximum absolute atomic E-state index is 13.4. The molecule has 2 N–H and O–H groups in total. The summed E-state index contributed by atoms with van der Waals surface area (Å²) in [6, 6.07) is 2.17. The van der Waals surface area contributed by atoms with Crippen LogP contribution < -0.4 is 19.5 Å². The highest BCUT2D eigenvalue weighted by Crippen LogP contribution is 2.29. The first-order valence-electron chi connectivity index (χ1n) is 7.92. The van der Waals surface area contributed by atoms with Crippen molar-refractivity contribution < 1.29 is 31.1 Å². The molecule has 1 fully saturated rings. The summed E-state index contributed by atoms with van der Waals surface area (Å²) in [5.41, 5.74) is 0.